The highest BCUT2D eigenvalue weighted by Crippen LogP contribution is 2.20. The Morgan fingerprint density at radius 2 is 2.10 bits per heavy atom. The minimum atomic E-state index is -0.186. The van der Waals surface area contributed by atoms with Crippen molar-refractivity contribution in [2.75, 3.05) is 26.2 Å². The Morgan fingerprint density at radius 3 is 2.75 bits per heavy atom. The molecule has 0 amide bonds. The van der Waals surface area contributed by atoms with Crippen molar-refractivity contribution in [2.24, 2.45) is 5.92 Å². The molecule has 0 aliphatic carbocycles. The van der Waals surface area contributed by atoms with Crippen LogP contribution in [0.15, 0.2) is 22.7 Å². The number of halogens is 2. The molecule has 2 rings (SSSR count). The van der Waals surface area contributed by atoms with Crippen molar-refractivity contribution in [2.45, 2.75) is 32.7 Å². The number of hydrogen-bond acceptors (Lipinski definition) is 2. The van der Waals surface area contributed by atoms with Crippen LogP contribution < -0.4 is 5.32 Å². The zero-order chi connectivity index (χ0) is 14.4. The van der Waals surface area contributed by atoms with Crippen molar-refractivity contribution in [3.05, 3.63) is 34.1 Å². The van der Waals surface area contributed by atoms with Crippen molar-refractivity contribution < 1.29 is 4.39 Å². The molecular formula is C16H24BrFN2. The van der Waals surface area contributed by atoms with Crippen LogP contribution in [0.25, 0.3) is 0 Å². The van der Waals surface area contributed by atoms with Gasteiger partial charge in [-0.3, -0.25) is 4.90 Å². The fraction of sp³-hybridized carbons (Fsp3) is 0.625. The van der Waals surface area contributed by atoms with Crippen LogP contribution in [-0.2, 0) is 6.54 Å². The molecule has 0 radical (unpaired) electrons. The molecule has 1 saturated heterocycles. The summed E-state index contributed by atoms with van der Waals surface area (Å²) in [6.07, 6.45) is 3.70. The van der Waals surface area contributed by atoms with Crippen LogP contribution in [0, 0.1) is 11.7 Å². The van der Waals surface area contributed by atoms with Crippen LogP contribution in [0.4, 0.5) is 4.39 Å². The first-order valence-corrected chi connectivity index (χ1v) is 8.35. The van der Waals surface area contributed by atoms with Gasteiger partial charge in [0, 0.05) is 13.1 Å². The maximum atomic E-state index is 13.3. The van der Waals surface area contributed by atoms with E-state index in [2.05, 4.69) is 33.1 Å². The van der Waals surface area contributed by atoms with Crippen LogP contribution in [0.2, 0.25) is 0 Å². The number of rotatable bonds is 6. The molecule has 0 aromatic heterocycles. The van der Waals surface area contributed by atoms with Gasteiger partial charge in [0.1, 0.15) is 5.82 Å². The van der Waals surface area contributed by atoms with Crippen molar-refractivity contribution in [1.82, 2.24) is 10.2 Å². The zero-order valence-corrected chi connectivity index (χ0v) is 13.8. The zero-order valence-electron chi connectivity index (χ0n) is 12.2. The summed E-state index contributed by atoms with van der Waals surface area (Å²) in [5.41, 5.74) is 1.18. The number of piperidine rings is 1. The summed E-state index contributed by atoms with van der Waals surface area (Å²) in [4.78, 5) is 2.51. The van der Waals surface area contributed by atoms with Gasteiger partial charge in [0.2, 0.25) is 0 Å². The molecule has 0 spiro atoms. The molecule has 4 heteroatoms. The molecule has 0 saturated carbocycles. The minimum absolute atomic E-state index is 0.186. The van der Waals surface area contributed by atoms with E-state index < -0.39 is 0 Å². The van der Waals surface area contributed by atoms with Gasteiger partial charge >= 0.3 is 0 Å². The first kappa shape index (κ1) is 15.9. The third-order valence-corrected chi connectivity index (χ3v) is 4.51. The lowest BCUT2D eigenvalue weighted by Gasteiger charge is -2.30. The molecule has 1 aromatic carbocycles. The van der Waals surface area contributed by atoms with Crippen LogP contribution >= 0.6 is 15.9 Å². The van der Waals surface area contributed by atoms with Crippen LogP contribution in [0.5, 0.6) is 0 Å². The average Bonchev–Trinajstić information content (AvgIpc) is 2.44. The number of nitrogens with zero attached hydrogens (tertiary/aromatic N) is 1. The molecule has 1 aromatic rings. The second kappa shape index (κ2) is 8.11. The van der Waals surface area contributed by atoms with E-state index in [1.54, 1.807) is 6.07 Å². The molecule has 1 fully saturated rings. The van der Waals surface area contributed by atoms with Crippen LogP contribution in [0.3, 0.4) is 0 Å². The predicted molar refractivity (Wildman–Crippen MR) is 85.3 cm³/mol. The molecule has 0 unspecified atom stereocenters. The number of nitrogens with one attached hydrogen (secondary N) is 1. The molecule has 1 heterocycles. The van der Waals surface area contributed by atoms with Crippen molar-refractivity contribution in [3.63, 3.8) is 0 Å². The van der Waals surface area contributed by atoms with E-state index in [9.17, 15) is 4.39 Å². The molecule has 1 aliphatic heterocycles. The summed E-state index contributed by atoms with van der Waals surface area (Å²) in [5, 5.41) is 3.42. The maximum absolute atomic E-state index is 13.3. The Hall–Kier alpha value is -0.450. The maximum Gasteiger partial charge on any atom is 0.137 e. The molecule has 20 heavy (non-hydrogen) atoms. The lowest BCUT2D eigenvalue weighted by molar-refractivity contribution is 0.199. The third kappa shape index (κ3) is 4.83. The largest absolute Gasteiger partial charge is 0.317 e. The Balaban J connectivity index is 1.94. The monoisotopic (exact) mass is 342 g/mol. The highest BCUT2D eigenvalue weighted by Gasteiger charge is 2.17. The van der Waals surface area contributed by atoms with Crippen molar-refractivity contribution in [1.29, 1.82) is 0 Å². The number of benzene rings is 1. The van der Waals surface area contributed by atoms with Gasteiger partial charge < -0.3 is 5.32 Å². The van der Waals surface area contributed by atoms with Gasteiger partial charge in [-0.2, -0.15) is 0 Å². The Labute approximate surface area is 129 Å². The molecule has 1 N–H and O–H groups in total. The lowest BCUT2D eigenvalue weighted by Crippen LogP contribution is -2.36. The van der Waals surface area contributed by atoms with E-state index in [4.69, 9.17) is 0 Å². The molecule has 0 atom stereocenters. The smallest absolute Gasteiger partial charge is 0.137 e. The standard InChI is InChI=1S/C16H24BrFN2/c1-2-9-20(11-13-5-7-19-8-6-13)12-14-3-4-16(18)15(17)10-14/h3-4,10,13,19H,2,5-9,11-12H2,1H3. The molecule has 2 nitrogen and oxygen atoms in total. The van der Waals surface area contributed by atoms with Gasteiger partial charge in [0.15, 0.2) is 0 Å². The molecule has 112 valence electrons. The fourth-order valence-corrected chi connectivity index (χ4v) is 3.30. The van der Waals surface area contributed by atoms with E-state index in [1.165, 1.54) is 18.4 Å². The van der Waals surface area contributed by atoms with Gasteiger partial charge in [-0.1, -0.05) is 13.0 Å². The summed E-state index contributed by atoms with van der Waals surface area (Å²) in [5.74, 6) is 0.612. The second-order valence-electron chi connectivity index (χ2n) is 5.68. The summed E-state index contributed by atoms with van der Waals surface area (Å²) < 4.78 is 13.9. The Kier molecular flexibility index (Phi) is 6.46. The SMILES string of the molecule is CCCN(Cc1ccc(F)c(Br)c1)CC1CCNCC1. The quantitative estimate of drug-likeness (QED) is 0.845. The molecular weight excluding hydrogens is 319 g/mol. The predicted octanol–water partition coefficient (Wildman–Crippen LogP) is 3.80. The minimum Gasteiger partial charge on any atom is -0.317 e. The summed E-state index contributed by atoms with van der Waals surface area (Å²) in [6.45, 7) is 7.69. The van der Waals surface area contributed by atoms with E-state index in [0.717, 1.165) is 45.1 Å². The first-order chi connectivity index (χ1) is 9.69. The van der Waals surface area contributed by atoms with Gasteiger partial charge in [0.05, 0.1) is 4.47 Å². The third-order valence-electron chi connectivity index (χ3n) is 3.91. The second-order valence-corrected chi connectivity index (χ2v) is 6.53. The molecule has 0 bridgehead atoms. The van der Waals surface area contributed by atoms with Crippen molar-refractivity contribution >= 4 is 15.9 Å². The van der Waals surface area contributed by atoms with Gasteiger partial charge in [-0.15, -0.1) is 0 Å². The van der Waals surface area contributed by atoms with Crippen LogP contribution in [-0.4, -0.2) is 31.1 Å². The lowest BCUT2D eigenvalue weighted by atomic mass is 9.97. The highest BCUT2D eigenvalue weighted by molar-refractivity contribution is 9.10. The number of hydrogen-bond donors (Lipinski definition) is 1. The normalized spacial score (nSPS) is 16.8. The van der Waals surface area contributed by atoms with E-state index >= 15 is 0 Å². The van der Waals surface area contributed by atoms with E-state index in [-0.39, 0.29) is 5.82 Å². The van der Waals surface area contributed by atoms with E-state index in [0.29, 0.717) is 4.47 Å². The van der Waals surface area contributed by atoms with Gasteiger partial charge in [-0.25, -0.2) is 4.39 Å². The first-order valence-electron chi connectivity index (χ1n) is 7.56. The van der Waals surface area contributed by atoms with Crippen LogP contribution in [0.1, 0.15) is 31.7 Å². The van der Waals surface area contributed by atoms with Gasteiger partial charge in [-0.05, 0) is 78.4 Å². The molecule has 1 aliphatic rings. The summed E-state index contributed by atoms with van der Waals surface area (Å²) in [7, 11) is 0. The highest BCUT2D eigenvalue weighted by atomic mass is 79.9. The van der Waals surface area contributed by atoms with Crippen molar-refractivity contribution in [3.8, 4) is 0 Å². The Bertz CT molecular complexity index is 419. The van der Waals surface area contributed by atoms with Gasteiger partial charge in [0.25, 0.3) is 0 Å². The summed E-state index contributed by atoms with van der Waals surface area (Å²) in [6, 6.07) is 5.35. The van der Waals surface area contributed by atoms with E-state index in [1.807, 2.05) is 12.1 Å². The fourth-order valence-electron chi connectivity index (χ4n) is 2.88. The summed E-state index contributed by atoms with van der Waals surface area (Å²) >= 11 is 3.27. The average molecular weight is 343 g/mol. The topological polar surface area (TPSA) is 15.3 Å². The Morgan fingerprint density at radius 1 is 1.35 bits per heavy atom.